The lowest BCUT2D eigenvalue weighted by molar-refractivity contribution is 0.807. The minimum absolute atomic E-state index is 0.454. The third-order valence-corrected chi connectivity index (χ3v) is 3.16. The van der Waals surface area contributed by atoms with Crippen LogP contribution in [-0.4, -0.2) is 9.55 Å². The van der Waals surface area contributed by atoms with E-state index in [-0.39, 0.29) is 0 Å². The van der Waals surface area contributed by atoms with Crippen molar-refractivity contribution in [2.45, 2.75) is 27.3 Å². The molecular weight excluding hydrogens is 222 g/mol. The summed E-state index contributed by atoms with van der Waals surface area (Å²) < 4.78 is 1.86. The number of hydrogen-bond donors (Lipinski definition) is 1. The predicted molar refractivity (Wildman–Crippen MR) is 75.1 cm³/mol. The largest absolute Gasteiger partial charge is 0.383 e. The minimum Gasteiger partial charge on any atom is -0.383 e. The van der Waals surface area contributed by atoms with Crippen LogP contribution in [0, 0.1) is 33.1 Å². The van der Waals surface area contributed by atoms with Gasteiger partial charge in [-0.3, -0.25) is 0 Å². The molecule has 2 aromatic rings. The molecule has 0 spiro atoms. The number of terminal acetylenes is 1. The number of aromatic nitrogens is 2. The summed E-state index contributed by atoms with van der Waals surface area (Å²) in [5.74, 6) is 4.09. The van der Waals surface area contributed by atoms with Crippen molar-refractivity contribution in [3.8, 4) is 23.6 Å². The number of imidazole rings is 1. The zero-order valence-electron chi connectivity index (χ0n) is 11.0. The summed E-state index contributed by atoms with van der Waals surface area (Å²) in [6.07, 6.45) is 5.35. The highest BCUT2D eigenvalue weighted by molar-refractivity contribution is 5.76. The van der Waals surface area contributed by atoms with Gasteiger partial charge in [-0.15, -0.1) is 6.42 Å². The van der Waals surface area contributed by atoms with Gasteiger partial charge in [0.1, 0.15) is 17.3 Å². The van der Waals surface area contributed by atoms with Crippen molar-refractivity contribution in [3.05, 3.63) is 35.2 Å². The molecule has 0 aliphatic carbocycles. The molecule has 0 radical (unpaired) electrons. The van der Waals surface area contributed by atoms with Crippen LogP contribution in [0.4, 0.5) is 5.82 Å². The topological polar surface area (TPSA) is 43.8 Å². The van der Waals surface area contributed by atoms with Gasteiger partial charge in [-0.1, -0.05) is 24.1 Å². The third-order valence-electron chi connectivity index (χ3n) is 3.16. The second-order valence-electron chi connectivity index (χ2n) is 4.45. The summed E-state index contributed by atoms with van der Waals surface area (Å²) in [6, 6.07) is 6.17. The molecule has 2 N–H and O–H groups in total. The van der Waals surface area contributed by atoms with E-state index in [9.17, 15) is 0 Å². The van der Waals surface area contributed by atoms with Crippen molar-refractivity contribution in [1.29, 1.82) is 0 Å². The van der Waals surface area contributed by atoms with Crippen LogP contribution in [0.1, 0.15) is 17.0 Å². The quantitative estimate of drug-likeness (QED) is 0.819. The van der Waals surface area contributed by atoms with E-state index in [1.165, 1.54) is 11.1 Å². The molecule has 0 atom stereocenters. The van der Waals surface area contributed by atoms with Gasteiger partial charge < -0.3 is 10.3 Å². The van der Waals surface area contributed by atoms with E-state index in [1.54, 1.807) is 0 Å². The molecule has 1 aromatic carbocycles. The van der Waals surface area contributed by atoms with Gasteiger partial charge in [-0.05, 0) is 31.9 Å². The summed E-state index contributed by atoms with van der Waals surface area (Å²) in [4.78, 5) is 4.56. The number of benzene rings is 1. The van der Waals surface area contributed by atoms with Crippen molar-refractivity contribution in [1.82, 2.24) is 9.55 Å². The highest BCUT2D eigenvalue weighted by Gasteiger charge is 2.16. The minimum atomic E-state index is 0.454. The fourth-order valence-electron chi connectivity index (χ4n) is 2.24. The van der Waals surface area contributed by atoms with Crippen LogP contribution in [-0.2, 0) is 6.54 Å². The first-order valence-corrected chi connectivity index (χ1v) is 5.89. The van der Waals surface area contributed by atoms with E-state index in [1.807, 2.05) is 17.6 Å². The highest BCUT2D eigenvalue weighted by atomic mass is 15.1. The average Bonchev–Trinajstić information content (AvgIpc) is 2.58. The molecule has 1 heterocycles. The number of rotatable bonds is 2. The average molecular weight is 239 g/mol. The number of hydrogen-bond acceptors (Lipinski definition) is 2. The molecule has 92 valence electrons. The van der Waals surface area contributed by atoms with Crippen LogP contribution in [0.3, 0.4) is 0 Å². The summed E-state index contributed by atoms with van der Waals surface area (Å²) >= 11 is 0. The normalized spacial score (nSPS) is 10.3. The first kappa shape index (κ1) is 12.3. The Bertz CT molecular complexity index is 610. The Balaban J connectivity index is 2.66. The van der Waals surface area contributed by atoms with E-state index in [2.05, 4.69) is 36.9 Å². The van der Waals surface area contributed by atoms with Gasteiger partial charge in [-0.2, -0.15) is 0 Å². The van der Waals surface area contributed by atoms with Crippen molar-refractivity contribution in [2.24, 2.45) is 0 Å². The zero-order valence-corrected chi connectivity index (χ0v) is 11.0. The second kappa shape index (κ2) is 4.58. The van der Waals surface area contributed by atoms with Gasteiger partial charge in [0.25, 0.3) is 0 Å². The second-order valence-corrected chi connectivity index (χ2v) is 4.45. The molecule has 0 saturated carbocycles. The molecule has 2 rings (SSSR count). The van der Waals surface area contributed by atoms with Crippen molar-refractivity contribution in [3.63, 3.8) is 0 Å². The summed E-state index contributed by atoms with van der Waals surface area (Å²) in [7, 11) is 0. The molecule has 0 bridgehead atoms. The molecule has 3 nitrogen and oxygen atoms in total. The fourth-order valence-corrected chi connectivity index (χ4v) is 2.24. The number of nitrogens with zero attached hydrogens (tertiary/aromatic N) is 2. The SMILES string of the molecule is C#CCn1c(C)nc(-c2c(C)cccc2C)c1N. The lowest BCUT2D eigenvalue weighted by atomic mass is 10.0. The molecule has 0 fully saturated rings. The van der Waals surface area contributed by atoms with Crippen LogP contribution >= 0.6 is 0 Å². The first-order valence-electron chi connectivity index (χ1n) is 5.89. The van der Waals surface area contributed by atoms with Crippen LogP contribution in [0.15, 0.2) is 18.2 Å². The van der Waals surface area contributed by atoms with Gasteiger partial charge in [0.05, 0.1) is 6.54 Å². The molecule has 0 aliphatic rings. The maximum atomic E-state index is 6.16. The molecule has 18 heavy (non-hydrogen) atoms. The Kier molecular flexibility index (Phi) is 3.12. The van der Waals surface area contributed by atoms with Crippen LogP contribution < -0.4 is 5.73 Å². The number of nitrogen functional groups attached to an aromatic ring is 1. The maximum absolute atomic E-state index is 6.16. The van der Waals surface area contributed by atoms with E-state index < -0.39 is 0 Å². The first-order chi connectivity index (χ1) is 8.56. The van der Waals surface area contributed by atoms with Gasteiger partial charge in [0, 0.05) is 5.56 Å². The van der Waals surface area contributed by atoms with Gasteiger partial charge in [-0.25, -0.2) is 4.98 Å². The van der Waals surface area contributed by atoms with Crippen molar-refractivity contribution in [2.75, 3.05) is 5.73 Å². The Hall–Kier alpha value is -2.21. The van der Waals surface area contributed by atoms with E-state index in [0.717, 1.165) is 17.1 Å². The molecular formula is C15H17N3. The Morgan fingerprint density at radius 3 is 2.44 bits per heavy atom. The lowest BCUT2D eigenvalue weighted by Crippen LogP contribution is -2.03. The highest BCUT2D eigenvalue weighted by Crippen LogP contribution is 2.31. The van der Waals surface area contributed by atoms with Gasteiger partial charge in [0.2, 0.25) is 0 Å². The molecule has 3 heteroatoms. The van der Waals surface area contributed by atoms with E-state index in [0.29, 0.717) is 12.4 Å². The monoisotopic (exact) mass is 239 g/mol. The smallest absolute Gasteiger partial charge is 0.132 e. The molecule has 0 unspecified atom stereocenters. The third kappa shape index (κ3) is 1.86. The van der Waals surface area contributed by atoms with Crippen LogP contribution in [0.2, 0.25) is 0 Å². The molecule has 0 saturated heterocycles. The summed E-state index contributed by atoms with van der Waals surface area (Å²) in [6.45, 7) is 6.51. The summed E-state index contributed by atoms with van der Waals surface area (Å²) in [5.41, 5.74) is 10.4. The fraction of sp³-hybridized carbons (Fsp3) is 0.267. The van der Waals surface area contributed by atoms with E-state index in [4.69, 9.17) is 12.2 Å². The molecule has 0 aliphatic heterocycles. The molecule has 0 amide bonds. The summed E-state index contributed by atoms with van der Waals surface area (Å²) in [5, 5.41) is 0. The van der Waals surface area contributed by atoms with Gasteiger partial charge >= 0.3 is 0 Å². The standard InChI is InChI=1S/C15H17N3/c1-5-9-18-12(4)17-14(15(18)16)13-10(2)7-6-8-11(13)3/h1,6-8H,9,16H2,2-4H3. The van der Waals surface area contributed by atoms with Crippen molar-refractivity contribution >= 4 is 5.82 Å². The molecule has 1 aromatic heterocycles. The van der Waals surface area contributed by atoms with E-state index >= 15 is 0 Å². The number of anilines is 1. The lowest BCUT2D eigenvalue weighted by Gasteiger charge is -2.08. The maximum Gasteiger partial charge on any atom is 0.132 e. The Morgan fingerprint density at radius 2 is 1.89 bits per heavy atom. The van der Waals surface area contributed by atoms with Crippen molar-refractivity contribution < 1.29 is 0 Å². The Morgan fingerprint density at radius 1 is 1.28 bits per heavy atom. The van der Waals surface area contributed by atoms with Gasteiger partial charge in [0.15, 0.2) is 0 Å². The number of aryl methyl sites for hydroxylation is 3. The van der Waals surface area contributed by atoms with Crippen LogP contribution in [0.25, 0.3) is 11.3 Å². The van der Waals surface area contributed by atoms with Crippen LogP contribution in [0.5, 0.6) is 0 Å². The number of nitrogens with two attached hydrogens (primary N) is 1. The Labute approximate surface area is 108 Å². The predicted octanol–water partition coefficient (Wildman–Crippen LogP) is 2.69. The zero-order chi connectivity index (χ0) is 13.3.